The van der Waals surface area contributed by atoms with Crippen molar-refractivity contribution < 1.29 is 0 Å². The number of rotatable bonds is 5. The first-order chi connectivity index (χ1) is 9.67. The molecule has 1 atom stereocenters. The molecule has 1 aromatic carbocycles. The summed E-state index contributed by atoms with van der Waals surface area (Å²) in [6.07, 6.45) is 1.23. The molecule has 1 N–H and O–H groups in total. The summed E-state index contributed by atoms with van der Waals surface area (Å²) < 4.78 is 0. The van der Waals surface area contributed by atoms with Crippen LogP contribution in [0.3, 0.4) is 0 Å². The van der Waals surface area contributed by atoms with Crippen molar-refractivity contribution in [1.82, 2.24) is 10.2 Å². The van der Waals surface area contributed by atoms with Crippen LogP contribution in [0.4, 0.5) is 5.69 Å². The van der Waals surface area contributed by atoms with Crippen molar-refractivity contribution in [3.05, 3.63) is 29.3 Å². The molecule has 0 aliphatic carbocycles. The number of benzene rings is 1. The Bertz CT molecular complexity index is 422. The smallest absolute Gasteiger partial charge is 0.0399 e. The van der Waals surface area contributed by atoms with Gasteiger partial charge in [0, 0.05) is 44.5 Å². The molecule has 20 heavy (non-hydrogen) atoms. The molecule has 0 spiro atoms. The van der Waals surface area contributed by atoms with Gasteiger partial charge in [0.1, 0.15) is 0 Å². The SMILES string of the molecule is CCC(CNC)N1CCN(c2cccc(C)c2C)CC1. The average molecular weight is 275 g/mol. The third-order valence-corrected chi connectivity index (χ3v) is 4.66. The number of nitrogens with one attached hydrogen (secondary N) is 1. The second-order valence-electron chi connectivity index (χ2n) is 5.86. The second kappa shape index (κ2) is 7.09. The summed E-state index contributed by atoms with van der Waals surface area (Å²) in [5.41, 5.74) is 4.25. The number of anilines is 1. The minimum Gasteiger partial charge on any atom is -0.369 e. The molecule has 1 aromatic rings. The van der Waals surface area contributed by atoms with Gasteiger partial charge in [-0.1, -0.05) is 19.1 Å². The molecular weight excluding hydrogens is 246 g/mol. The molecule has 1 unspecified atom stereocenters. The van der Waals surface area contributed by atoms with E-state index >= 15 is 0 Å². The first-order valence-electron chi connectivity index (χ1n) is 7.87. The van der Waals surface area contributed by atoms with Crippen molar-refractivity contribution in [3.63, 3.8) is 0 Å². The molecule has 112 valence electrons. The molecule has 0 amide bonds. The summed E-state index contributed by atoms with van der Waals surface area (Å²) in [6, 6.07) is 7.33. The fraction of sp³-hybridized carbons (Fsp3) is 0.647. The van der Waals surface area contributed by atoms with Gasteiger partial charge in [-0.15, -0.1) is 0 Å². The van der Waals surface area contributed by atoms with Crippen LogP contribution in [0.2, 0.25) is 0 Å². The Balaban J connectivity index is 1.99. The maximum Gasteiger partial charge on any atom is 0.0399 e. The quantitative estimate of drug-likeness (QED) is 0.890. The summed E-state index contributed by atoms with van der Waals surface area (Å²) in [5.74, 6) is 0. The largest absolute Gasteiger partial charge is 0.369 e. The zero-order chi connectivity index (χ0) is 14.5. The van der Waals surface area contributed by atoms with Crippen LogP contribution >= 0.6 is 0 Å². The number of piperazine rings is 1. The maximum absolute atomic E-state index is 3.32. The Morgan fingerprint density at radius 1 is 1.15 bits per heavy atom. The Labute approximate surface area is 124 Å². The monoisotopic (exact) mass is 275 g/mol. The zero-order valence-corrected chi connectivity index (χ0v) is 13.4. The van der Waals surface area contributed by atoms with Crippen LogP contribution in [0.25, 0.3) is 0 Å². The Hall–Kier alpha value is -1.06. The Kier molecular flexibility index (Phi) is 5.44. The lowest BCUT2D eigenvalue weighted by molar-refractivity contribution is 0.178. The molecule has 0 bridgehead atoms. The fourth-order valence-corrected chi connectivity index (χ4v) is 3.17. The van der Waals surface area contributed by atoms with Crippen LogP contribution in [0.1, 0.15) is 24.5 Å². The number of hydrogen-bond donors (Lipinski definition) is 1. The van der Waals surface area contributed by atoms with Crippen LogP contribution in [0.15, 0.2) is 18.2 Å². The van der Waals surface area contributed by atoms with Gasteiger partial charge in [-0.3, -0.25) is 4.90 Å². The van der Waals surface area contributed by atoms with E-state index in [1.165, 1.54) is 36.3 Å². The minimum absolute atomic E-state index is 0.681. The Morgan fingerprint density at radius 3 is 2.45 bits per heavy atom. The van der Waals surface area contributed by atoms with E-state index in [2.05, 4.69) is 61.1 Å². The molecule has 3 nitrogen and oxygen atoms in total. The molecule has 1 heterocycles. The van der Waals surface area contributed by atoms with Gasteiger partial charge in [0.2, 0.25) is 0 Å². The predicted octanol–water partition coefficient (Wildman–Crippen LogP) is 2.42. The van der Waals surface area contributed by atoms with Crippen molar-refractivity contribution in [1.29, 1.82) is 0 Å². The molecule has 0 aromatic heterocycles. The lowest BCUT2D eigenvalue weighted by Gasteiger charge is -2.40. The molecule has 1 aliphatic rings. The number of likely N-dealkylation sites (N-methyl/N-ethyl adjacent to an activating group) is 1. The lowest BCUT2D eigenvalue weighted by atomic mass is 10.1. The van der Waals surface area contributed by atoms with Gasteiger partial charge in [-0.25, -0.2) is 0 Å². The average Bonchev–Trinajstić information content (AvgIpc) is 2.48. The lowest BCUT2D eigenvalue weighted by Crippen LogP contribution is -2.52. The van der Waals surface area contributed by atoms with E-state index < -0.39 is 0 Å². The molecule has 1 saturated heterocycles. The first-order valence-corrected chi connectivity index (χ1v) is 7.87. The van der Waals surface area contributed by atoms with Gasteiger partial charge >= 0.3 is 0 Å². The highest BCUT2D eigenvalue weighted by atomic mass is 15.3. The van der Waals surface area contributed by atoms with E-state index in [0.717, 1.165) is 19.6 Å². The van der Waals surface area contributed by atoms with Crippen molar-refractivity contribution in [2.24, 2.45) is 0 Å². The predicted molar refractivity (Wildman–Crippen MR) is 87.7 cm³/mol. The van der Waals surface area contributed by atoms with Crippen LogP contribution in [-0.4, -0.2) is 50.7 Å². The summed E-state index contributed by atoms with van der Waals surface area (Å²) in [5, 5.41) is 3.32. The highest BCUT2D eigenvalue weighted by Crippen LogP contribution is 2.24. The van der Waals surface area contributed by atoms with E-state index in [1.807, 2.05) is 0 Å². The molecule has 0 saturated carbocycles. The highest BCUT2D eigenvalue weighted by molar-refractivity contribution is 5.56. The molecule has 2 rings (SSSR count). The number of nitrogens with zero attached hydrogens (tertiary/aromatic N) is 2. The molecule has 1 aliphatic heterocycles. The van der Waals surface area contributed by atoms with E-state index in [-0.39, 0.29) is 0 Å². The molecule has 3 heteroatoms. The van der Waals surface area contributed by atoms with Gasteiger partial charge < -0.3 is 10.2 Å². The van der Waals surface area contributed by atoms with Crippen LogP contribution in [0, 0.1) is 13.8 Å². The van der Waals surface area contributed by atoms with Gasteiger partial charge in [0.25, 0.3) is 0 Å². The standard InChI is InChI=1S/C17H29N3/c1-5-16(13-18-4)19-9-11-20(12-10-19)17-8-6-7-14(2)15(17)3/h6-8,16,18H,5,9-13H2,1-4H3. The summed E-state index contributed by atoms with van der Waals surface area (Å²) in [7, 11) is 2.05. The van der Waals surface area contributed by atoms with Crippen molar-refractivity contribution in [3.8, 4) is 0 Å². The first kappa shape index (κ1) is 15.3. The normalized spacial score (nSPS) is 18.3. The van der Waals surface area contributed by atoms with Crippen LogP contribution in [-0.2, 0) is 0 Å². The summed E-state index contributed by atoms with van der Waals surface area (Å²) in [4.78, 5) is 5.18. The topological polar surface area (TPSA) is 18.5 Å². The third kappa shape index (κ3) is 3.33. The fourth-order valence-electron chi connectivity index (χ4n) is 3.17. The Morgan fingerprint density at radius 2 is 1.85 bits per heavy atom. The second-order valence-corrected chi connectivity index (χ2v) is 5.86. The molecule has 0 radical (unpaired) electrons. The van der Waals surface area contributed by atoms with E-state index in [1.54, 1.807) is 0 Å². The van der Waals surface area contributed by atoms with E-state index in [0.29, 0.717) is 6.04 Å². The molecule has 1 fully saturated rings. The van der Waals surface area contributed by atoms with Gasteiger partial charge in [0.15, 0.2) is 0 Å². The van der Waals surface area contributed by atoms with Crippen LogP contribution < -0.4 is 10.2 Å². The van der Waals surface area contributed by atoms with Gasteiger partial charge in [-0.05, 0) is 44.5 Å². The van der Waals surface area contributed by atoms with Gasteiger partial charge in [0.05, 0.1) is 0 Å². The van der Waals surface area contributed by atoms with Crippen molar-refractivity contribution >= 4 is 5.69 Å². The van der Waals surface area contributed by atoms with Crippen molar-refractivity contribution in [2.45, 2.75) is 33.2 Å². The van der Waals surface area contributed by atoms with E-state index in [9.17, 15) is 0 Å². The molecular formula is C17H29N3. The van der Waals surface area contributed by atoms with Crippen molar-refractivity contribution in [2.75, 3.05) is 44.7 Å². The maximum atomic E-state index is 3.32. The minimum atomic E-state index is 0.681. The zero-order valence-electron chi connectivity index (χ0n) is 13.4. The van der Waals surface area contributed by atoms with Crippen LogP contribution in [0.5, 0.6) is 0 Å². The number of aryl methyl sites for hydroxylation is 1. The van der Waals surface area contributed by atoms with Gasteiger partial charge in [-0.2, -0.15) is 0 Å². The summed E-state index contributed by atoms with van der Waals surface area (Å²) in [6.45, 7) is 12.5. The highest BCUT2D eigenvalue weighted by Gasteiger charge is 2.23. The van der Waals surface area contributed by atoms with E-state index in [4.69, 9.17) is 0 Å². The third-order valence-electron chi connectivity index (χ3n) is 4.66. The summed E-state index contributed by atoms with van der Waals surface area (Å²) >= 11 is 0. The number of hydrogen-bond acceptors (Lipinski definition) is 3.